The molecular weight excluding hydrogens is 410 g/mol. The van der Waals surface area contributed by atoms with Crippen molar-refractivity contribution in [2.45, 2.75) is 39.3 Å². The lowest BCUT2D eigenvalue weighted by Crippen LogP contribution is -2.43. The molecule has 0 bridgehead atoms. The average Bonchev–Trinajstić information content (AvgIpc) is 2.99. The van der Waals surface area contributed by atoms with E-state index in [2.05, 4.69) is 10.6 Å². The number of rotatable bonds is 7. The van der Waals surface area contributed by atoms with Gasteiger partial charge in [0.1, 0.15) is 23.9 Å². The topological polar surface area (TPSA) is 89.1 Å². The summed E-state index contributed by atoms with van der Waals surface area (Å²) in [6.45, 7) is 5.31. The predicted molar refractivity (Wildman–Crippen MR) is 123 cm³/mol. The molecule has 0 radical (unpaired) electrons. The van der Waals surface area contributed by atoms with Gasteiger partial charge in [-0.25, -0.2) is 4.79 Å². The molecule has 1 aliphatic heterocycles. The molecule has 0 aliphatic carbocycles. The average molecular weight is 442 g/mol. The number of benzene rings is 2. The van der Waals surface area contributed by atoms with E-state index in [0.29, 0.717) is 49.7 Å². The van der Waals surface area contributed by atoms with E-state index in [9.17, 15) is 9.59 Å². The van der Waals surface area contributed by atoms with Crippen LogP contribution in [0.15, 0.2) is 36.4 Å². The van der Waals surface area contributed by atoms with Gasteiger partial charge in [-0.1, -0.05) is 12.1 Å². The molecule has 0 saturated heterocycles. The van der Waals surface area contributed by atoms with Gasteiger partial charge >= 0.3 is 6.03 Å². The van der Waals surface area contributed by atoms with Crippen molar-refractivity contribution in [1.29, 1.82) is 0 Å². The maximum Gasteiger partial charge on any atom is 0.318 e. The Bertz CT molecular complexity index is 961. The number of fused-ring (bicyclic) bond motifs is 1. The molecule has 172 valence electrons. The SMILES string of the molecule is COc1ccc(OC)c(NC(=O)CCc2ccc3c(c2)CN(C(=O)NC(C)C)CCO3)c1. The van der Waals surface area contributed by atoms with Crippen LogP contribution in [0.5, 0.6) is 17.2 Å². The largest absolute Gasteiger partial charge is 0.497 e. The predicted octanol–water partition coefficient (Wildman–Crippen LogP) is 3.59. The van der Waals surface area contributed by atoms with Crippen LogP contribution in [0.4, 0.5) is 10.5 Å². The summed E-state index contributed by atoms with van der Waals surface area (Å²) < 4.78 is 16.4. The number of urea groups is 1. The molecule has 0 fully saturated rings. The van der Waals surface area contributed by atoms with Gasteiger partial charge in [0.15, 0.2) is 0 Å². The van der Waals surface area contributed by atoms with Crippen molar-refractivity contribution in [3.05, 3.63) is 47.5 Å². The molecule has 1 heterocycles. The molecule has 8 nitrogen and oxygen atoms in total. The third kappa shape index (κ3) is 6.06. The van der Waals surface area contributed by atoms with Crippen molar-refractivity contribution in [2.24, 2.45) is 0 Å². The molecule has 2 aromatic carbocycles. The maximum atomic E-state index is 12.5. The minimum Gasteiger partial charge on any atom is -0.497 e. The number of carbonyl (C=O) groups excluding carboxylic acids is 2. The number of methoxy groups -OCH3 is 2. The molecule has 0 atom stereocenters. The Labute approximate surface area is 188 Å². The van der Waals surface area contributed by atoms with Crippen molar-refractivity contribution in [2.75, 3.05) is 32.7 Å². The summed E-state index contributed by atoms with van der Waals surface area (Å²) in [6.07, 6.45) is 0.862. The molecule has 2 N–H and O–H groups in total. The van der Waals surface area contributed by atoms with Crippen molar-refractivity contribution >= 4 is 17.6 Å². The van der Waals surface area contributed by atoms with Gasteiger partial charge in [-0.3, -0.25) is 4.79 Å². The Morgan fingerprint density at radius 2 is 1.94 bits per heavy atom. The van der Waals surface area contributed by atoms with E-state index in [1.54, 1.807) is 37.3 Å². The molecule has 2 aromatic rings. The highest BCUT2D eigenvalue weighted by Gasteiger charge is 2.20. The molecule has 0 saturated carbocycles. The van der Waals surface area contributed by atoms with Crippen molar-refractivity contribution < 1.29 is 23.8 Å². The highest BCUT2D eigenvalue weighted by molar-refractivity contribution is 5.92. The third-order valence-electron chi connectivity index (χ3n) is 5.13. The molecule has 3 rings (SSSR count). The molecule has 1 aliphatic rings. The number of hydrogen-bond acceptors (Lipinski definition) is 5. The Morgan fingerprint density at radius 3 is 2.66 bits per heavy atom. The first kappa shape index (κ1) is 23.2. The summed E-state index contributed by atoms with van der Waals surface area (Å²) in [5.41, 5.74) is 2.51. The van der Waals surface area contributed by atoms with Crippen LogP contribution in [-0.4, -0.2) is 50.3 Å². The zero-order valence-corrected chi connectivity index (χ0v) is 19.1. The normalized spacial score (nSPS) is 13.0. The van der Waals surface area contributed by atoms with Crippen LogP contribution in [0.1, 0.15) is 31.4 Å². The second-order valence-corrected chi connectivity index (χ2v) is 7.93. The standard InChI is InChI=1S/C24H31N3O5/c1-16(2)25-24(29)27-11-12-32-21-8-5-17(13-18(21)15-27)6-10-23(28)26-20-14-19(30-3)7-9-22(20)31-4/h5,7-9,13-14,16H,6,10-12,15H2,1-4H3,(H,25,29)(H,26,28). The van der Waals surface area contributed by atoms with Crippen LogP contribution in [0.2, 0.25) is 0 Å². The minimum absolute atomic E-state index is 0.0687. The minimum atomic E-state index is -0.124. The van der Waals surface area contributed by atoms with Gasteiger partial charge in [0, 0.05) is 24.1 Å². The third-order valence-corrected chi connectivity index (χ3v) is 5.13. The summed E-state index contributed by atoms with van der Waals surface area (Å²) in [4.78, 5) is 26.7. The van der Waals surface area contributed by atoms with Crippen molar-refractivity contribution in [1.82, 2.24) is 10.2 Å². The molecule has 0 unspecified atom stereocenters. The Hall–Kier alpha value is -3.42. The van der Waals surface area contributed by atoms with Gasteiger partial charge in [0.25, 0.3) is 0 Å². The fourth-order valence-corrected chi connectivity index (χ4v) is 3.50. The first-order valence-electron chi connectivity index (χ1n) is 10.7. The summed E-state index contributed by atoms with van der Waals surface area (Å²) in [5.74, 6) is 1.86. The second kappa shape index (κ2) is 10.7. The first-order valence-corrected chi connectivity index (χ1v) is 10.7. The zero-order valence-electron chi connectivity index (χ0n) is 19.1. The van der Waals surface area contributed by atoms with Crippen LogP contribution in [0, 0.1) is 0 Å². The Kier molecular flexibility index (Phi) is 7.81. The zero-order chi connectivity index (χ0) is 23.1. The van der Waals surface area contributed by atoms with E-state index in [1.807, 2.05) is 32.0 Å². The van der Waals surface area contributed by atoms with Gasteiger partial charge in [0.05, 0.1) is 33.0 Å². The number of amides is 3. The monoisotopic (exact) mass is 441 g/mol. The lowest BCUT2D eigenvalue weighted by atomic mass is 10.0. The summed E-state index contributed by atoms with van der Waals surface area (Å²) >= 11 is 0. The quantitative estimate of drug-likeness (QED) is 0.686. The maximum absolute atomic E-state index is 12.5. The van der Waals surface area contributed by atoms with Crippen LogP contribution >= 0.6 is 0 Å². The number of anilines is 1. The number of carbonyl (C=O) groups is 2. The summed E-state index contributed by atoms with van der Waals surface area (Å²) in [6, 6.07) is 11.1. The van der Waals surface area contributed by atoms with Crippen LogP contribution in [0.25, 0.3) is 0 Å². The summed E-state index contributed by atoms with van der Waals surface area (Å²) in [7, 11) is 3.13. The smallest absolute Gasteiger partial charge is 0.318 e. The number of ether oxygens (including phenoxy) is 3. The Balaban J connectivity index is 1.64. The summed E-state index contributed by atoms with van der Waals surface area (Å²) in [5, 5.41) is 5.81. The van der Waals surface area contributed by atoms with Crippen molar-refractivity contribution in [3.8, 4) is 17.2 Å². The molecule has 8 heteroatoms. The van der Waals surface area contributed by atoms with Crippen LogP contribution in [0.3, 0.4) is 0 Å². The van der Waals surface area contributed by atoms with Crippen LogP contribution < -0.4 is 24.8 Å². The fraction of sp³-hybridized carbons (Fsp3) is 0.417. The lowest BCUT2D eigenvalue weighted by Gasteiger charge is -2.22. The molecule has 3 amide bonds. The molecular formula is C24H31N3O5. The number of aryl methyl sites for hydroxylation is 1. The van der Waals surface area contributed by atoms with Crippen molar-refractivity contribution in [3.63, 3.8) is 0 Å². The number of nitrogens with one attached hydrogen (secondary N) is 2. The highest BCUT2D eigenvalue weighted by atomic mass is 16.5. The van der Waals surface area contributed by atoms with E-state index in [1.165, 1.54) is 0 Å². The van der Waals surface area contributed by atoms with Crippen LogP contribution in [-0.2, 0) is 17.8 Å². The van der Waals surface area contributed by atoms with Gasteiger partial charge < -0.3 is 29.7 Å². The molecule has 0 spiro atoms. The van der Waals surface area contributed by atoms with Gasteiger partial charge in [0.2, 0.25) is 5.91 Å². The molecule has 0 aromatic heterocycles. The van der Waals surface area contributed by atoms with E-state index in [0.717, 1.165) is 16.9 Å². The lowest BCUT2D eigenvalue weighted by molar-refractivity contribution is -0.116. The van der Waals surface area contributed by atoms with E-state index < -0.39 is 0 Å². The number of nitrogens with zero attached hydrogens (tertiary/aromatic N) is 1. The molecule has 32 heavy (non-hydrogen) atoms. The van der Waals surface area contributed by atoms with Gasteiger partial charge in [-0.2, -0.15) is 0 Å². The highest BCUT2D eigenvalue weighted by Crippen LogP contribution is 2.29. The number of hydrogen-bond donors (Lipinski definition) is 2. The van der Waals surface area contributed by atoms with E-state index in [-0.39, 0.29) is 18.0 Å². The second-order valence-electron chi connectivity index (χ2n) is 7.93. The Morgan fingerprint density at radius 1 is 1.12 bits per heavy atom. The fourth-order valence-electron chi connectivity index (χ4n) is 3.50. The first-order chi connectivity index (χ1) is 15.4. The van der Waals surface area contributed by atoms with Gasteiger partial charge in [-0.05, 0) is 44.0 Å². The van der Waals surface area contributed by atoms with E-state index >= 15 is 0 Å². The van der Waals surface area contributed by atoms with Gasteiger partial charge in [-0.15, -0.1) is 0 Å². The van der Waals surface area contributed by atoms with E-state index in [4.69, 9.17) is 14.2 Å².